The van der Waals surface area contributed by atoms with Crippen LogP contribution in [0.3, 0.4) is 0 Å². The van der Waals surface area contributed by atoms with E-state index in [1.807, 2.05) is 61.5 Å². The van der Waals surface area contributed by atoms with Crippen LogP contribution in [0.25, 0.3) is 0 Å². The van der Waals surface area contributed by atoms with Gasteiger partial charge in [0.1, 0.15) is 6.61 Å². The van der Waals surface area contributed by atoms with Gasteiger partial charge in [-0.1, -0.05) is 61.5 Å². The molecular weight excluding hydrogens is 248 g/mol. The molecule has 2 rings (SSSR count). The molecule has 2 aromatic carbocycles. The van der Waals surface area contributed by atoms with E-state index in [1.165, 1.54) is 5.56 Å². The number of hydrogen-bond acceptors (Lipinski definition) is 2. The Hall–Kier alpha value is -1.93. The number of ketones is 1. The normalized spacial score (nSPS) is 12.1. The van der Waals surface area contributed by atoms with Gasteiger partial charge in [0.25, 0.3) is 0 Å². The molecule has 0 fully saturated rings. The minimum absolute atomic E-state index is 0.0236. The number of carbonyl (C=O) groups is 1. The zero-order valence-electron chi connectivity index (χ0n) is 12.0. The zero-order chi connectivity index (χ0) is 14.4. The van der Waals surface area contributed by atoms with E-state index in [1.54, 1.807) is 0 Å². The highest BCUT2D eigenvalue weighted by Gasteiger charge is 2.10. The van der Waals surface area contributed by atoms with E-state index in [0.29, 0.717) is 5.56 Å². The highest BCUT2D eigenvalue weighted by atomic mass is 16.5. The van der Waals surface area contributed by atoms with Crippen LogP contribution in [0.1, 0.15) is 41.4 Å². The minimum atomic E-state index is -0.0740. The summed E-state index contributed by atoms with van der Waals surface area (Å²) in [6.07, 6.45) is 0.908. The van der Waals surface area contributed by atoms with Crippen molar-refractivity contribution in [2.24, 2.45) is 0 Å². The van der Waals surface area contributed by atoms with Gasteiger partial charge < -0.3 is 4.74 Å². The topological polar surface area (TPSA) is 26.3 Å². The molecule has 0 saturated heterocycles. The molecule has 2 aromatic rings. The van der Waals surface area contributed by atoms with Crippen LogP contribution in [-0.2, 0) is 11.2 Å². The third-order valence-electron chi connectivity index (χ3n) is 3.42. The Balaban J connectivity index is 1.91. The van der Waals surface area contributed by atoms with Gasteiger partial charge >= 0.3 is 0 Å². The zero-order valence-corrected chi connectivity index (χ0v) is 12.0. The van der Waals surface area contributed by atoms with Crippen molar-refractivity contribution in [2.45, 2.75) is 26.4 Å². The van der Waals surface area contributed by atoms with Gasteiger partial charge in [-0.3, -0.25) is 4.79 Å². The number of rotatable bonds is 6. The third-order valence-corrected chi connectivity index (χ3v) is 3.42. The van der Waals surface area contributed by atoms with Crippen molar-refractivity contribution in [1.29, 1.82) is 0 Å². The molecule has 104 valence electrons. The smallest absolute Gasteiger partial charge is 0.188 e. The summed E-state index contributed by atoms with van der Waals surface area (Å²) < 4.78 is 5.65. The van der Waals surface area contributed by atoms with Crippen molar-refractivity contribution in [3.05, 3.63) is 71.3 Å². The van der Waals surface area contributed by atoms with Crippen LogP contribution in [0.15, 0.2) is 54.6 Å². The van der Waals surface area contributed by atoms with E-state index in [0.717, 1.165) is 12.0 Å². The van der Waals surface area contributed by atoms with Gasteiger partial charge in [-0.25, -0.2) is 0 Å². The molecule has 0 aliphatic rings. The second kappa shape index (κ2) is 7.01. The van der Waals surface area contributed by atoms with E-state index in [9.17, 15) is 4.79 Å². The first kappa shape index (κ1) is 14.5. The average molecular weight is 268 g/mol. The Kier molecular flexibility index (Phi) is 5.08. The van der Waals surface area contributed by atoms with Crippen molar-refractivity contribution < 1.29 is 9.53 Å². The molecule has 0 spiro atoms. The maximum atomic E-state index is 12.1. The highest BCUT2D eigenvalue weighted by Crippen LogP contribution is 2.16. The predicted molar refractivity (Wildman–Crippen MR) is 81.0 cm³/mol. The van der Waals surface area contributed by atoms with E-state index < -0.39 is 0 Å². The quantitative estimate of drug-likeness (QED) is 0.734. The van der Waals surface area contributed by atoms with Gasteiger partial charge in [0, 0.05) is 5.56 Å². The second-order valence-electron chi connectivity index (χ2n) is 4.84. The van der Waals surface area contributed by atoms with Crippen molar-refractivity contribution in [1.82, 2.24) is 0 Å². The lowest BCUT2D eigenvalue weighted by Gasteiger charge is -2.12. The molecule has 0 aliphatic heterocycles. The summed E-state index contributed by atoms with van der Waals surface area (Å²) in [6.45, 7) is 4.17. The number of ether oxygens (including phenoxy) is 1. The van der Waals surface area contributed by atoms with Crippen LogP contribution >= 0.6 is 0 Å². The molecule has 0 radical (unpaired) electrons. The number of Topliss-reactive ketones (excluding diaryl/α,β-unsaturated/α-hetero) is 1. The Morgan fingerprint density at radius 2 is 1.70 bits per heavy atom. The first-order chi connectivity index (χ1) is 9.70. The number of benzene rings is 2. The Labute approximate surface area is 120 Å². The van der Waals surface area contributed by atoms with Crippen molar-refractivity contribution >= 4 is 5.78 Å². The predicted octanol–water partition coefficient (Wildman–Crippen LogP) is 4.21. The number of carbonyl (C=O) groups excluding carboxylic acids is 1. The summed E-state index contributed by atoms with van der Waals surface area (Å²) >= 11 is 0. The van der Waals surface area contributed by atoms with E-state index in [2.05, 4.69) is 6.92 Å². The van der Waals surface area contributed by atoms with Gasteiger partial charge in [0.05, 0.1) is 6.10 Å². The van der Waals surface area contributed by atoms with Crippen molar-refractivity contribution in [2.75, 3.05) is 6.61 Å². The molecule has 0 amide bonds. The fourth-order valence-electron chi connectivity index (χ4n) is 2.03. The summed E-state index contributed by atoms with van der Waals surface area (Å²) in [7, 11) is 0. The van der Waals surface area contributed by atoms with Gasteiger partial charge in [0.2, 0.25) is 0 Å². The van der Waals surface area contributed by atoms with Crippen LogP contribution in [0.5, 0.6) is 0 Å². The van der Waals surface area contributed by atoms with Gasteiger partial charge in [-0.05, 0) is 24.5 Å². The molecule has 0 heterocycles. The Bertz CT molecular complexity index is 543. The molecule has 0 aliphatic carbocycles. The largest absolute Gasteiger partial charge is 0.366 e. The lowest BCUT2D eigenvalue weighted by Crippen LogP contribution is -2.11. The fourth-order valence-corrected chi connectivity index (χ4v) is 2.03. The summed E-state index contributed by atoms with van der Waals surface area (Å²) in [5.74, 6) is 0.0236. The molecule has 1 atom stereocenters. The third kappa shape index (κ3) is 3.78. The van der Waals surface area contributed by atoms with E-state index >= 15 is 0 Å². The van der Waals surface area contributed by atoms with Gasteiger partial charge in [-0.15, -0.1) is 0 Å². The first-order valence-electron chi connectivity index (χ1n) is 6.99. The molecule has 0 saturated carbocycles. The SMILES string of the molecule is CCc1ccc(C(=O)COC(C)c2ccccc2)cc1. The summed E-state index contributed by atoms with van der Waals surface area (Å²) in [6, 6.07) is 17.7. The number of aryl methyl sites for hydroxylation is 1. The standard InChI is InChI=1S/C18H20O2/c1-3-15-9-11-17(12-10-15)18(19)13-20-14(2)16-7-5-4-6-8-16/h4-12,14H,3,13H2,1-2H3. The molecule has 20 heavy (non-hydrogen) atoms. The lowest BCUT2D eigenvalue weighted by atomic mass is 10.1. The average Bonchev–Trinajstić information content (AvgIpc) is 2.53. The molecule has 1 unspecified atom stereocenters. The molecule has 2 nitrogen and oxygen atoms in total. The van der Waals surface area contributed by atoms with Crippen LogP contribution in [-0.4, -0.2) is 12.4 Å². The summed E-state index contributed by atoms with van der Waals surface area (Å²) in [5, 5.41) is 0. The van der Waals surface area contributed by atoms with Crippen LogP contribution in [0.4, 0.5) is 0 Å². The highest BCUT2D eigenvalue weighted by molar-refractivity contribution is 5.97. The van der Waals surface area contributed by atoms with Crippen LogP contribution in [0, 0.1) is 0 Å². The van der Waals surface area contributed by atoms with Gasteiger partial charge in [0.15, 0.2) is 5.78 Å². The molecule has 2 heteroatoms. The molecule has 0 N–H and O–H groups in total. The lowest BCUT2D eigenvalue weighted by molar-refractivity contribution is 0.0521. The maximum Gasteiger partial charge on any atom is 0.188 e. The van der Waals surface area contributed by atoms with Crippen LogP contribution < -0.4 is 0 Å². The Morgan fingerprint density at radius 3 is 2.30 bits per heavy atom. The second-order valence-corrected chi connectivity index (χ2v) is 4.84. The molecule has 0 bridgehead atoms. The number of hydrogen-bond donors (Lipinski definition) is 0. The van der Waals surface area contributed by atoms with Crippen molar-refractivity contribution in [3.63, 3.8) is 0 Å². The Morgan fingerprint density at radius 1 is 1.05 bits per heavy atom. The van der Waals surface area contributed by atoms with Gasteiger partial charge in [-0.2, -0.15) is 0 Å². The maximum absolute atomic E-state index is 12.1. The first-order valence-corrected chi connectivity index (χ1v) is 6.99. The van der Waals surface area contributed by atoms with E-state index in [-0.39, 0.29) is 18.5 Å². The monoisotopic (exact) mass is 268 g/mol. The fraction of sp³-hybridized carbons (Fsp3) is 0.278. The van der Waals surface area contributed by atoms with Crippen molar-refractivity contribution in [3.8, 4) is 0 Å². The summed E-state index contributed by atoms with van der Waals surface area (Å²) in [5.41, 5.74) is 3.03. The minimum Gasteiger partial charge on any atom is -0.366 e. The molecule has 0 aromatic heterocycles. The van der Waals surface area contributed by atoms with Crippen LogP contribution in [0.2, 0.25) is 0 Å². The summed E-state index contributed by atoms with van der Waals surface area (Å²) in [4.78, 5) is 12.1. The molecular formula is C18H20O2. The van der Waals surface area contributed by atoms with E-state index in [4.69, 9.17) is 4.74 Å².